The zero-order chi connectivity index (χ0) is 15.3. The van der Waals surface area contributed by atoms with E-state index in [0.717, 1.165) is 0 Å². The van der Waals surface area contributed by atoms with Crippen molar-refractivity contribution in [1.29, 1.82) is 0 Å². The predicted molar refractivity (Wildman–Crippen MR) is 79.2 cm³/mol. The van der Waals surface area contributed by atoms with E-state index < -0.39 is 10.0 Å². The van der Waals surface area contributed by atoms with Gasteiger partial charge in [-0.1, -0.05) is 24.0 Å². The first-order chi connectivity index (χ1) is 10.1. The number of hydrogen-bond acceptors (Lipinski definition) is 4. The SMILES string of the molecule is COC1CCN(S(=O)(=O)c2ccccc2C#CCCO)C1. The number of ether oxygens (including phenoxy) is 1. The van der Waals surface area contributed by atoms with Crippen molar-refractivity contribution >= 4 is 10.0 Å². The number of sulfonamides is 1. The summed E-state index contributed by atoms with van der Waals surface area (Å²) in [5.41, 5.74) is 0.465. The van der Waals surface area contributed by atoms with Gasteiger partial charge in [-0.25, -0.2) is 8.42 Å². The van der Waals surface area contributed by atoms with Gasteiger partial charge in [0, 0.05) is 32.2 Å². The molecule has 2 rings (SSSR count). The average molecular weight is 309 g/mol. The van der Waals surface area contributed by atoms with E-state index in [1.54, 1.807) is 31.4 Å². The first kappa shape index (κ1) is 16.0. The molecule has 6 heteroatoms. The van der Waals surface area contributed by atoms with Crippen molar-refractivity contribution in [2.24, 2.45) is 0 Å². The Morgan fingerprint density at radius 2 is 2.19 bits per heavy atom. The fourth-order valence-corrected chi connectivity index (χ4v) is 3.89. The van der Waals surface area contributed by atoms with Crippen molar-refractivity contribution in [2.75, 3.05) is 26.8 Å². The maximum absolute atomic E-state index is 12.7. The Kier molecular flexibility index (Phi) is 5.37. The lowest BCUT2D eigenvalue weighted by molar-refractivity contribution is 0.115. The van der Waals surface area contributed by atoms with Crippen LogP contribution in [0.3, 0.4) is 0 Å². The third-order valence-corrected chi connectivity index (χ3v) is 5.33. The molecule has 0 radical (unpaired) electrons. The van der Waals surface area contributed by atoms with Crippen LogP contribution in [0.1, 0.15) is 18.4 Å². The Morgan fingerprint density at radius 1 is 1.43 bits per heavy atom. The number of hydrogen-bond donors (Lipinski definition) is 1. The second kappa shape index (κ2) is 7.05. The molecule has 114 valence electrons. The highest BCUT2D eigenvalue weighted by Crippen LogP contribution is 2.24. The highest BCUT2D eigenvalue weighted by Gasteiger charge is 2.33. The van der Waals surface area contributed by atoms with Crippen LogP contribution in [0.5, 0.6) is 0 Å². The van der Waals surface area contributed by atoms with Gasteiger partial charge in [-0.15, -0.1) is 0 Å². The van der Waals surface area contributed by atoms with Crippen LogP contribution in [0.25, 0.3) is 0 Å². The van der Waals surface area contributed by atoms with Crippen LogP contribution >= 0.6 is 0 Å². The van der Waals surface area contributed by atoms with Gasteiger partial charge in [-0.05, 0) is 18.6 Å². The van der Waals surface area contributed by atoms with E-state index in [-0.39, 0.29) is 17.6 Å². The monoisotopic (exact) mass is 309 g/mol. The summed E-state index contributed by atoms with van der Waals surface area (Å²) in [6, 6.07) is 6.69. The summed E-state index contributed by atoms with van der Waals surface area (Å²) >= 11 is 0. The van der Waals surface area contributed by atoms with Crippen LogP contribution < -0.4 is 0 Å². The van der Waals surface area contributed by atoms with Crippen molar-refractivity contribution in [1.82, 2.24) is 4.31 Å². The van der Waals surface area contributed by atoms with E-state index in [2.05, 4.69) is 11.8 Å². The molecule has 0 aliphatic carbocycles. The Hall–Kier alpha value is -1.39. The molecule has 1 heterocycles. The van der Waals surface area contributed by atoms with Gasteiger partial charge in [0.1, 0.15) is 0 Å². The molecule has 1 aromatic carbocycles. The molecule has 0 aromatic heterocycles. The van der Waals surface area contributed by atoms with Crippen molar-refractivity contribution in [2.45, 2.75) is 23.8 Å². The Balaban J connectivity index is 2.31. The third kappa shape index (κ3) is 3.63. The summed E-state index contributed by atoms with van der Waals surface area (Å²) in [6.45, 7) is 0.792. The molecule has 5 nitrogen and oxygen atoms in total. The van der Waals surface area contributed by atoms with Crippen molar-refractivity contribution in [3.63, 3.8) is 0 Å². The number of aliphatic hydroxyl groups is 1. The van der Waals surface area contributed by atoms with Crippen molar-refractivity contribution < 1.29 is 18.3 Å². The number of methoxy groups -OCH3 is 1. The summed E-state index contributed by atoms with van der Waals surface area (Å²) in [5, 5.41) is 8.76. The Bertz CT molecular complexity index is 645. The molecular formula is C15H19NO4S. The van der Waals surface area contributed by atoms with E-state index in [1.165, 1.54) is 4.31 Å². The highest BCUT2D eigenvalue weighted by atomic mass is 32.2. The van der Waals surface area contributed by atoms with Crippen LogP contribution in [0.4, 0.5) is 0 Å². The molecule has 0 saturated carbocycles. The molecule has 1 aliphatic rings. The fourth-order valence-electron chi connectivity index (χ4n) is 2.26. The lowest BCUT2D eigenvalue weighted by Gasteiger charge is -2.17. The maximum atomic E-state index is 12.7. The van der Waals surface area contributed by atoms with Gasteiger partial charge in [0.15, 0.2) is 0 Å². The zero-order valence-corrected chi connectivity index (χ0v) is 12.8. The Labute approximate surface area is 125 Å². The lowest BCUT2D eigenvalue weighted by Crippen LogP contribution is -2.30. The first-order valence-electron chi connectivity index (χ1n) is 6.81. The second-order valence-electron chi connectivity index (χ2n) is 4.78. The van der Waals surface area contributed by atoms with Gasteiger partial charge in [0.25, 0.3) is 0 Å². The minimum absolute atomic E-state index is 0.0381. The molecule has 1 N–H and O–H groups in total. The van der Waals surface area contributed by atoms with Gasteiger partial charge >= 0.3 is 0 Å². The zero-order valence-electron chi connectivity index (χ0n) is 11.9. The molecular weight excluding hydrogens is 290 g/mol. The van der Waals surface area contributed by atoms with Gasteiger partial charge in [0.2, 0.25) is 10.0 Å². The summed E-state index contributed by atoms with van der Waals surface area (Å²) in [5.74, 6) is 5.59. The first-order valence-corrected chi connectivity index (χ1v) is 8.25. The summed E-state index contributed by atoms with van der Waals surface area (Å²) in [6.07, 6.45) is 0.977. The average Bonchev–Trinajstić information content (AvgIpc) is 2.98. The maximum Gasteiger partial charge on any atom is 0.244 e. The van der Waals surface area contributed by atoms with Crippen LogP contribution in [-0.2, 0) is 14.8 Å². The van der Waals surface area contributed by atoms with Crippen LogP contribution in [0, 0.1) is 11.8 Å². The third-order valence-electron chi connectivity index (χ3n) is 3.41. The van der Waals surface area contributed by atoms with E-state index in [4.69, 9.17) is 9.84 Å². The molecule has 1 aromatic rings. The smallest absolute Gasteiger partial charge is 0.244 e. The molecule has 21 heavy (non-hydrogen) atoms. The minimum Gasteiger partial charge on any atom is -0.395 e. The van der Waals surface area contributed by atoms with Crippen LogP contribution in [0.15, 0.2) is 29.2 Å². The highest BCUT2D eigenvalue weighted by molar-refractivity contribution is 7.89. The Morgan fingerprint density at radius 3 is 2.86 bits per heavy atom. The van der Waals surface area contributed by atoms with Crippen molar-refractivity contribution in [3.8, 4) is 11.8 Å². The summed E-state index contributed by atoms with van der Waals surface area (Å²) in [7, 11) is -1.97. The summed E-state index contributed by atoms with van der Waals surface area (Å²) in [4.78, 5) is 0.215. The standard InChI is InChI=1S/C15H19NO4S/c1-20-14-9-10-16(12-14)21(18,19)15-8-3-2-6-13(15)7-4-5-11-17/h2-3,6,8,14,17H,5,9-12H2,1H3. The second-order valence-corrected chi connectivity index (χ2v) is 6.69. The van der Waals surface area contributed by atoms with Gasteiger partial charge in [0.05, 0.1) is 17.6 Å². The molecule has 0 amide bonds. The molecule has 1 aliphatic heterocycles. The number of aliphatic hydroxyl groups excluding tert-OH is 1. The number of benzene rings is 1. The lowest BCUT2D eigenvalue weighted by atomic mass is 10.2. The normalized spacial score (nSPS) is 19.2. The molecule has 1 atom stereocenters. The molecule has 0 spiro atoms. The molecule has 1 saturated heterocycles. The van der Waals surface area contributed by atoms with Crippen LogP contribution in [0.2, 0.25) is 0 Å². The van der Waals surface area contributed by atoms with E-state index >= 15 is 0 Å². The molecule has 1 unspecified atom stereocenters. The van der Waals surface area contributed by atoms with Gasteiger partial charge in [-0.2, -0.15) is 4.31 Å². The van der Waals surface area contributed by atoms with E-state index in [9.17, 15) is 8.42 Å². The fraction of sp³-hybridized carbons (Fsp3) is 0.467. The quantitative estimate of drug-likeness (QED) is 0.837. The van der Waals surface area contributed by atoms with E-state index in [1.807, 2.05) is 0 Å². The van der Waals surface area contributed by atoms with Crippen LogP contribution in [-0.4, -0.2) is 50.7 Å². The molecule has 0 bridgehead atoms. The van der Waals surface area contributed by atoms with Gasteiger partial charge in [-0.3, -0.25) is 0 Å². The summed E-state index contributed by atoms with van der Waals surface area (Å²) < 4.78 is 32.1. The topological polar surface area (TPSA) is 66.8 Å². The van der Waals surface area contributed by atoms with Crippen molar-refractivity contribution in [3.05, 3.63) is 29.8 Å². The largest absolute Gasteiger partial charge is 0.395 e. The minimum atomic E-state index is -3.56. The van der Waals surface area contributed by atoms with Gasteiger partial charge < -0.3 is 9.84 Å². The van der Waals surface area contributed by atoms with E-state index in [0.29, 0.717) is 31.5 Å². The predicted octanol–water partition coefficient (Wildman–Crippen LogP) is 0.830. The number of nitrogens with zero attached hydrogens (tertiary/aromatic N) is 1. The number of rotatable bonds is 4. The molecule has 1 fully saturated rings.